The largest absolute Gasteiger partial charge is 0.480 e. The number of hydrogen-bond acceptors (Lipinski definition) is 2. The topological polar surface area (TPSA) is 40.5 Å². The van der Waals surface area contributed by atoms with Gasteiger partial charge in [-0.3, -0.25) is 9.69 Å². The van der Waals surface area contributed by atoms with Gasteiger partial charge in [-0.05, 0) is 49.9 Å². The van der Waals surface area contributed by atoms with Gasteiger partial charge in [0.05, 0.1) is 0 Å². The van der Waals surface area contributed by atoms with E-state index >= 15 is 0 Å². The van der Waals surface area contributed by atoms with Crippen molar-refractivity contribution in [2.24, 2.45) is 11.3 Å². The van der Waals surface area contributed by atoms with Crippen molar-refractivity contribution in [2.45, 2.75) is 63.8 Å². The Hall–Kier alpha value is -0.570. The third kappa shape index (κ3) is 1.70. The second-order valence-electron chi connectivity index (χ2n) is 6.90. The van der Waals surface area contributed by atoms with Gasteiger partial charge in [0.25, 0.3) is 0 Å². The lowest BCUT2D eigenvalue weighted by Crippen LogP contribution is -2.70. The fraction of sp³-hybridized carbons (Fsp3) is 0.933. The van der Waals surface area contributed by atoms with E-state index in [2.05, 4.69) is 11.8 Å². The number of rotatable bonds is 3. The minimum absolute atomic E-state index is 0.507. The molecule has 0 aromatic rings. The van der Waals surface area contributed by atoms with Gasteiger partial charge in [0.2, 0.25) is 0 Å². The van der Waals surface area contributed by atoms with E-state index in [1.807, 2.05) is 0 Å². The number of nitrogens with zero attached hydrogens (tertiary/aromatic N) is 1. The van der Waals surface area contributed by atoms with Crippen molar-refractivity contribution in [3.63, 3.8) is 0 Å². The summed E-state index contributed by atoms with van der Waals surface area (Å²) in [7, 11) is 0. The second kappa shape index (κ2) is 4.22. The van der Waals surface area contributed by atoms with E-state index in [0.717, 1.165) is 44.7 Å². The highest BCUT2D eigenvalue weighted by Gasteiger charge is 2.57. The van der Waals surface area contributed by atoms with Crippen LogP contribution in [0.15, 0.2) is 0 Å². The van der Waals surface area contributed by atoms with E-state index in [0.29, 0.717) is 5.41 Å². The monoisotopic (exact) mass is 251 g/mol. The summed E-state index contributed by atoms with van der Waals surface area (Å²) in [4.78, 5) is 14.1. The van der Waals surface area contributed by atoms with Crippen LogP contribution in [0.1, 0.15) is 58.3 Å². The fourth-order valence-corrected chi connectivity index (χ4v) is 4.29. The minimum Gasteiger partial charge on any atom is -0.480 e. The van der Waals surface area contributed by atoms with Crippen molar-refractivity contribution in [3.8, 4) is 0 Å². The highest BCUT2D eigenvalue weighted by Crippen LogP contribution is 2.52. The van der Waals surface area contributed by atoms with Gasteiger partial charge < -0.3 is 5.11 Å². The number of carboxylic acids is 1. The molecule has 0 atom stereocenters. The molecule has 3 heteroatoms. The first-order chi connectivity index (χ1) is 8.60. The first-order valence-electron chi connectivity index (χ1n) is 7.59. The molecule has 1 spiro atoms. The van der Waals surface area contributed by atoms with Gasteiger partial charge in [0.1, 0.15) is 5.54 Å². The molecule has 2 saturated carbocycles. The van der Waals surface area contributed by atoms with E-state index in [9.17, 15) is 9.90 Å². The Bertz CT molecular complexity index is 332. The Kier molecular flexibility index (Phi) is 2.92. The van der Waals surface area contributed by atoms with Crippen molar-refractivity contribution in [2.75, 3.05) is 13.1 Å². The summed E-state index contributed by atoms with van der Waals surface area (Å²) in [5.74, 6) is 0.197. The Morgan fingerprint density at radius 3 is 2.22 bits per heavy atom. The highest BCUT2D eigenvalue weighted by molar-refractivity contribution is 5.79. The number of likely N-dealkylation sites (tertiary alicyclic amines) is 1. The first kappa shape index (κ1) is 12.5. The molecular formula is C15H25NO2. The van der Waals surface area contributed by atoms with Gasteiger partial charge in [0, 0.05) is 13.1 Å². The van der Waals surface area contributed by atoms with Crippen molar-refractivity contribution in [3.05, 3.63) is 0 Å². The van der Waals surface area contributed by atoms with Crippen LogP contribution in [-0.4, -0.2) is 34.6 Å². The van der Waals surface area contributed by atoms with Gasteiger partial charge in [-0.15, -0.1) is 0 Å². The molecule has 3 rings (SSSR count). The third-order valence-corrected chi connectivity index (χ3v) is 5.98. The standard InChI is InChI=1S/C15H25NO2/c1-2-12-4-8-15(9-5-12,13(17)18)16-10-14(11-16)6-3-7-14/h12H,2-11H2,1H3,(H,17,18). The molecule has 0 unspecified atom stereocenters. The minimum atomic E-state index is -0.564. The maximum atomic E-state index is 11.8. The van der Waals surface area contributed by atoms with Crippen LogP contribution in [0, 0.1) is 11.3 Å². The highest BCUT2D eigenvalue weighted by atomic mass is 16.4. The summed E-state index contributed by atoms with van der Waals surface area (Å²) in [5, 5.41) is 9.70. The Morgan fingerprint density at radius 1 is 1.22 bits per heavy atom. The van der Waals surface area contributed by atoms with E-state index in [1.54, 1.807) is 0 Å². The zero-order valence-electron chi connectivity index (χ0n) is 11.5. The molecule has 102 valence electrons. The maximum absolute atomic E-state index is 11.8. The average molecular weight is 251 g/mol. The van der Waals surface area contributed by atoms with E-state index in [4.69, 9.17) is 0 Å². The summed E-state index contributed by atoms with van der Waals surface area (Å²) in [5.41, 5.74) is 0.0244. The molecule has 3 aliphatic rings. The molecule has 0 aromatic carbocycles. The summed E-state index contributed by atoms with van der Waals surface area (Å²) in [6, 6.07) is 0. The zero-order valence-corrected chi connectivity index (χ0v) is 11.5. The number of carbonyl (C=O) groups is 1. The van der Waals surface area contributed by atoms with Crippen molar-refractivity contribution < 1.29 is 9.90 Å². The van der Waals surface area contributed by atoms with Gasteiger partial charge in [0.15, 0.2) is 0 Å². The van der Waals surface area contributed by atoms with Crippen LogP contribution in [-0.2, 0) is 4.79 Å². The molecule has 0 aromatic heterocycles. The van der Waals surface area contributed by atoms with Crippen LogP contribution in [0.2, 0.25) is 0 Å². The predicted octanol–water partition coefficient (Wildman–Crippen LogP) is 2.90. The Morgan fingerprint density at radius 2 is 1.83 bits per heavy atom. The summed E-state index contributed by atoms with van der Waals surface area (Å²) < 4.78 is 0. The normalized spacial score (nSPS) is 39.1. The van der Waals surface area contributed by atoms with Crippen molar-refractivity contribution in [1.29, 1.82) is 0 Å². The second-order valence-corrected chi connectivity index (χ2v) is 6.90. The van der Waals surface area contributed by atoms with Crippen molar-refractivity contribution in [1.82, 2.24) is 4.90 Å². The summed E-state index contributed by atoms with van der Waals surface area (Å²) in [6.07, 6.45) is 9.17. The lowest BCUT2D eigenvalue weighted by molar-refractivity contribution is -0.176. The fourth-order valence-electron chi connectivity index (χ4n) is 4.29. The lowest BCUT2D eigenvalue weighted by atomic mass is 9.61. The number of carboxylic acid groups (broad SMARTS) is 1. The molecule has 0 radical (unpaired) electrons. The Labute approximate surface area is 110 Å². The van der Waals surface area contributed by atoms with Gasteiger partial charge in [-0.1, -0.05) is 19.8 Å². The van der Waals surface area contributed by atoms with Crippen LogP contribution < -0.4 is 0 Å². The third-order valence-electron chi connectivity index (χ3n) is 5.98. The molecule has 1 N–H and O–H groups in total. The van der Waals surface area contributed by atoms with Crippen LogP contribution in [0.4, 0.5) is 0 Å². The predicted molar refractivity (Wildman–Crippen MR) is 70.5 cm³/mol. The van der Waals surface area contributed by atoms with Gasteiger partial charge in [-0.25, -0.2) is 0 Å². The first-order valence-corrected chi connectivity index (χ1v) is 7.59. The van der Waals surface area contributed by atoms with Crippen LogP contribution in [0.25, 0.3) is 0 Å². The molecule has 3 nitrogen and oxygen atoms in total. The van der Waals surface area contributed by atoms with E-state index < -0.39 is 11.5 Å². The van der Waals surface area contributed by atoms with E-state index in [1.165, 1.54) is 25.7 Å². The Balaban J connectivity index is 1.67. The number of aliphatic carboxylic acids is 1. The lowest BCUT2D eigenvalue weighted by Gasteiger charge is -2.62. The molecule has 1 heterocycles. The zero-order chi connectivity index (χ0) is 12.8. The maximum Gasteiger partial charge on any atom is 0.324 e. The van der Waals surface area contributed by atoms with Crippen molar-refractivity contribution >= 4 is 5.97 Å². The molecule has 2 aliphatic carbocycles. The molecule has 1 aliphatic heterocycles. The van der Waals surface area contributed by atoms with Crippen LogP contribution in [0.3, 0.4) is 0 Å². The quantitative estimate of drug-likeness (QED) is 0.838. The van der Waals surface area contributed by atoms with E-state index in [-0.39, 0.29) is 0 Å². The summed E-state index contributed by atoms with van der Waals surface area (Å²) in [6.45, 7) is 4.33. The molecule has 0 bridgehead atoms. The van der Waals surface area contributed by atoms with Crippen LogP contribution in [0.5, 0.6) is 0 Å². The van der Waals surface area contributed by atoms with Gasteiger partial charge >= 0.3 is 5.97 Å². The molecule has 1 saturated heterocycles. The average Bonchev–Trinajstić information content (AvgIpc) is 2.25. The van der Waals surface area contributed by atoms with Crippen LogP contribution >= 0.6 is 0 Å². The molecular weight excluding hydrogens is 226 g/mol. The molecule has 3 fully saturated rings. The smallest absolute Gasteiger partial charge is 0.324 e. The molecule has 0 amide bonds. The SMILES string of the molecule is CCC1CCC(C(=O)O)(N2CC3(CCC3)C2)CC1. The van der Waals surface area contributed by atoms with Gasteiger partial charge in [-0.2, -0.15) is 0 Å². The molecule has 18 heavy (non-hydrogen) atoms. The number of hydrogen-bond donors (Lipinski definition) is 1. The summed E-state index contributed by atoms with van der Waals surface area (Å²) >= 11 is 0.